The SMILES string of the molecule is CC(CN(C)C)NCCN. The van der Waals surface area contributed by atoms with Gasteiger partial charge in [0, 0.05) is 25.7 Å². The molecule has 1 unspecified atom stereocenters. The van der Waals surface area contributed by atoms with E-state index in [0.717, 1.165) is 19.6 Å². The van der Waals surface area contributed by atoms with Crippen molar-refractivity contribution in [2.24, 2.45) is 5.73 Å². The molecule has 0 amide bonds. The Hall–Kier alpha value is -0.120. The highest BCUT2D eigenvalue weighted by atomic mass is 15.1. The Labute approximate surface area is 63.6 Å². The summed E-state index contributed by atoms with van der Waals surface area (Å²) in [6.07, 6.45) is 0. The number of likely N-dealkylation sites (N-methyl/N-ethyl adjacent to an activating group) is 1. The van der Waals surface area contributed by atoms with Gasteiger partial charge >= 0.3 is 0 Å². The van der Waals surface area contributed by atoms with Crippen molar-refractivity contribution in [2.75, 3.05) is 33.7 Å². The Morgan fingerprint density at radius 1 is 1.50 bits per heavy atom. The third kappa shape index (κ3) is 6.01. The molecule has 0 aromatic rings. The molecule has 3 heteroatoms. The van der Waals surface area contributed by atoms with Crippen molar-refractivity contribution >= 4 is 0 Å². The molecular formula is C7H19N3. The maximum Gasteiger partial charge on any atom is 0.0167 e. The zero-order valence-electron chi connectivity index (χ0n) is 7.22. The maximum atomic E-state index is 5.33. The van der Waals surface area contributed by atoms with Crippen LogP contribution in [0.3, 0.4) is 0 Å². The van der Waals surface area contributed by atoms with Gasteiger partial charge in [-0.2, -0.15) is 0 Å². The summed E-state index contributed by atoms with van der Waals surface area (Å²) in [6.45, 7) is 4.86. The fourth-order valence-electron chi connectivity index (χ4n) is 0.942. The standard InChI is InChI=1S/C7H19N3/c1-7(6-10(2)3)9-5-4-8/h7,9H,4-6,8H2,1-3H3. The van der Waals surface area contributed by atoms with Crippen LogP contribution in [0.15, 0.2) is 0 Å². The van der Waals surface area contributed by atoms with Crippen molar-refractivity contribution in [3.8, 4) is 0 Å². The molecule has 0 rings (SSSR count). The number of nitrogens with zero attached hydrogens (tertiary/aromatic N) is 1. The van der Waals surface area contributed by atoms with Gasteiger partial charge in [-0.05, 0) is 21.0 Å². The van der Waals surface area contributed by atoms with Crippen molar-refractivity contribution in [3.63, 3.8) is 0 Å². The predicted molar refractivity (Wildman–Crippen MR) is 45.1 cm³/mol. The van der Waals surface area contributed by atoms with Gasteiger partial charge in [-0.15, -0.1) is 0 Å². The van der Waals surface area contributed by atoms with E-state index in [2.05, 4.69) is 31.2 Å². The first kappa shape index (κ1) is 9.88. The monoisotopic (exact) mass is 145 g/mol. The summed E-state index contributed by atoms with van der Waals surface area (Å²) < 4.78 is 0. The second-order valence-electron chi connectivity index (χ2n) is 2.91. The second-order valence-corrected chi connectivity index (χ2v) is 2.91. The van der Waals surface area contributed by atoms with E-state index in [-0.39, 0.29) is 0 Å². The molecule has 0 spiro atoms. The lowest BCUT2D eigenvalue weighted by Gasteiger charge is -2.17. The quantitative estimate of drug-likeness (QED) is 0.547. The molecule has 0 bridgehead atoms. The van der Waals surface area contributed by atoms with Crippen LogP contribution < -0.4 is 11.1 Å². The van der Waals surface area contributed by atoms with E-state index in [4.69, 9.17) is 5.73 Å². The lowest BCUT2D eigenvalue weighted by molar-refractivity contribution is 0.352. The highest BCUT2D eigenvalue weighted by Gasteiger charge is 1.99. The van der Waals surface area contributed by atoms with E-state index in [9.17, 15) is 0 Å². The smallest absolute Gasteiger partial charge is 0.0167 e. The van der Waals surface area contributed by atoms with Crippen LogP contribution in [0, 0.1) is 0 Å². The first-order chi connectivity index (χ1) is 4.66. The Bertz CT molecular complexity index is 73.3. The van der Waals surface area contributed by atoms with Crippen LogP contribution in [-0.4, -0.2) is 44.7 Å². The Balaban J connectivity index is 3.16. The number of hydrogen-bond acceptors (Lipinski definition) is 3. The molecule has 0 saturated heterocycles. The lowest BCUT2D eigenvalue weighted by Crippen LogP contribution is -2.38. The highest BCUT2D eigenvalue weighted by molar-refractivity contribution is 4.62. The number of hydrogen-bond donors (Lipinski definition) is 2. The molecule has 0 radical (unpaired) electrons. The Morgan fingerprint density at radius 3 is 2.50 bits per heavy atom. The van der Waals surface area contributed by atoms with Gasteiger partial charge < -0.3 is 16.0 Å². The zero-order valence-corrected chi connectivity index (χ0v) is 7.22. The summed E-state index contributed by atoms with van der Waals surface area (Å²) in [4.78, 5) is 2.16. The minimum absolute atomic E-state index is 0.540. The van der Waals surface area contributed by atoms with Crippen LogP contribution in [0.1, 0.15) is 6.92 Å². The van der Waals surface area contributed by atoms with Crippen molar-refractivity contribution in [1.29, 1.82) is 0 Å². The number of rotatable bonds is 5. The summed E-state index contributed by atoms with van der Waals surface area (Å²) in [7, 11) is 4.14. The summed E-state index contributed by atoms with van der Waals surface area (Å²) in [5, 5.41) is 3.30. The third-order valence-corrected chi connectivity index (χ3v) is 1.28. The van der Waals surface area contributed by atoms with Crippen LogP contribution in [-0.2, 0) is 0 Å². The fraction of sp³-hybridized carbons (Fsp3) is 1.00. The molecule has 0 aliphatic rings. The molecule has 1 atom stereocenters. The van der Waals surface area contributed by atoms with Crippen molar-refractivity contribution < 1.29 is 0 Å². The van der Waals surface area contributed by atoms with Crippen LogP contribution in [0.2, 0.25) is 0 Å². The molecule has 0 aliphatic carbocycles. The van der Waals surface area contributed by atoms with Gasteiger partial charge in [-0.3, -0.25) is 0 Å². The van der Waals surface area contributed by atoms with Crippen molar-refractivity contribution in [3.05, 3.63) is 0 Å². The second kappa shape index (κ2) is 5.65. The predicted octanol–water partition coefficient (Wildman–Crippen LogP) is -0.515. The van der Waals surface area contributed by atoms with Crippen molar-refractivity contribution in [1.82, 2.24) is 10.2 Å². The summed E-state index contributed by atoms with van der Waals surface area (Å²) in [6, 6.07) is 0.540. The van der Waals surface area contributed by atoms with Gasteiger partial charge in [0.15, 0.2) is 0 Å². The molecule has 62 valence electrons. The lowest BCUT2D eigenvalue weighted by atomic mass is 10.3. The first-order valence-corrected chi connectivity index (χ1v) is 3.75. The Morgan fingerprint density at radius 2 is 2.10 bits per heavy atom. The van der Waals surface area contributed by atoms with E-state index >= 15 is 0 Å². The van der Waals surface area contributed by atoms with Gasteiger partial charge in [0.25, 0.3) is 0 Å². The van der Waals surface area contributed by atoms with E-state index in [0.29, 0.717) is 6.04 Å². The normalized spacial score (nSPS) is 14.1. The topological polar surface area (TPSA) is 41.3 Å². The summed E-state index contributed by atoms with van der Waals surface area (Å²) >= 11 is 0. The maximum absolute atomic E-state index is 5.33. The molecule has 10 heavy (non-hydrogen) atoms. The van der Waals surface area contributed by atoms with E-state index in [1.54, 1.807) is 0 Å². The highest BCUT2D eigenvalue weighted by Crippen LogP contribution is 1.82. The third-order valence-electron chi connectivity index (χ3n) is 1.28. The summed E-state index contributed by atoms with van der Waals surface area (Å²) in [5.41, 5.74) is 5.33. The largest absolute Gasteiger partial charge is 0.329 e. The van der Waals surface area contributed by atoms with E-state index < -0.39 is 0 Å². The van der Waals surface area contributed by atoms with E-state index in [1.165, 1.54) is 0 Å². The van der Waals surface area contributed by atoms with Gasteiger partial charge in [-0.1, -0.05) is 0 Å². The van der Waals surface area contributed by atoms with Crippen molar-refractivity contribution in [2.45, 2.75) is 13.0 Å². The molecule has 0 saturated carbocycles. The summed E-state index contributed by atoms with van der Waals surface area (Å²) in [5.74, 6) is 0. The molecule has 0 aromatic carbocycles. The Kier molecular flexibility index (Phi) is 5.58. The molecule has 0 heterocycles. The minimum atomic E-state index is 0.540. The molecule has 0 aromatic heterocycles. The van der Waals surface area contributed by atoms with Crippen LogP contribution in [0.5, 0.6) is 0 Å². The molecular weight excluding hydrogens is 126 g/mol. The van der Waals surface area contributed by atoms with Crippen LogP contribution >= 0.6 is 0 Å². The van der Waals surface area contributed by atoms with Crippen LogP contribution in [0.25, 0.3) is 0 Å². The molecule has 0 fully saturated rings. The van der Waals surface area contributed by atoms with Gasteiger partial charge in [0.2, 0.25) is 0 Å². The zero-order chi connectivity index (χ0) is 7.98. The number of nitrogens with one attached hydrogen (secondary N) is 1. The number of nitrogens with two attached hydrogens (primary N) is 1. The average Bonchev–Trinajstić information content (AvgIpc) is 1.82. The van der Waals surface area contributed by atoms with Gasteiger partial charge in [0.1, 0.15) is 0 Å². The van der Waals surface area contributed by atoms with Crippen LogP contribution in [0.4, 0.5) is 0 Å². The van der Waals surface area contributed by atoms with Gasteiger partial charge in [0.05, 0.1) is 0 Å². The molecule has 0 aliphatic heterocycles. The average molecular weight is 145 g/mol. The fourth-order valence-corrected chi connectivity index (χ4v) is 0.942. The van der Waals surface area contributed by atoms with Gasteiger partial charge in [-0.25, -0.2) is 0 Å². The van der Waals surface area contributed by atoms with E-state index in [1.807, 2.05) is 0 Å². The molecule has 3 nitrogen and oxygen atoms in total. The molecule has 3 N–H and O–H groups in total. The first-order valence-electron chi connectivity index (χ1n) is 3.75. The minimum Gasteiger partial charge on any atom is -0.329 e.